The van der Waals surface area contributed by atoms with E-state index in [-0.39, 0.29) is 28.7 Å². The van der Waals surface area contributed by atoms with E-state index in [4.69, 9.17) is 11.5 Å². The van der Waals surface area contributed by atoms with E-state index < -0.39 is 17.3 Å². The Kier molecular flexibility index (Phi) is 4.74. The van der Waals surface area contributed by atoms with E-state index in [2.05, 4.69) is 15.3 Å². The average molecular weight is 409 g/mol. The number of carbonyl (C=O) groups is 1. The monoisotopic (exact) mass is 409 g/mol. The SMILES string of the molecule is CC(C)(N)c1cc(-c2nc(-c3ccc4c(c3)CCNC4=O)c(N)nc2F)ccc1F. The van der Waals surface area contributed by atoms with E-state index in [1.165, 1.54) is 18.2 Å². The molecule has 3 aromatic rings. The summed E-state index contributed by atoms with van der Waals surface area (Å²) in [4.78, 5) is 20.2. The van der Waals surface area contributed by atoms with E-state index in [0.29, 0.717) is 29.7 Å². The zero-order chi connectivity index (χ0) is 21.6. The van der Waals surface area contributed by atoms with Crippen LogP contribution in [0.5, 0.6) is 0 Å². The molecule has 1 amide bonds. The number of nitrogens with zero attached hydrogens (tertiary/aromatic N) is 2. The molecule has 1 aliphatic rings. The first-order valence-corrected chi connectivity index (χ1v) is 9.49. The maximum atomic E-state index is 14.7. The summed E-state index contributed by atoms with van der Waals surface area (Å²) in [7, 11) is 0. The molecule has 0 saturated heterocycles. The summed E-state index contributed by atoms with van der Waals surface area (Å²) in [6.45, 7) is 3.86. The summed E-state index contributed by atoms with van der Waals surface area (Å²) >= 11 is 0. The smallest absolute Gasteiger partial charge is 0.251 e. The van der Waals surface area contributed by atoms with Gasteiger partial charge in [0.25, 0.3) is 5.91 Å². The highest BCUT2D eigenvalue weighted by Gasteiger charge is 2.23. The van der Waals surface area contributed by atoms with Crippen molar-refractivity contribution in [3.8, 4) is 22.5 Å². The van der Waals surface area contributed by atoms with Crippen LogP contribution < -0.4 is 16.8 Å². The highest BCUT2D eigenvalue weighted by atomic mass is 19.1. The number of nitrogens with two attached hydrogens (primary N) is 2. The number of aromatic nitrogens is 2. The molecule has 2 heterocycles. The molecule has 1 aliphatic heterocycles. The number of nitrogen functional groups attached to an aromatic ring is 1. The third-order valence-electron chi connectivity index (χ3n) is 5.12. The van der Waals surface area contributed by atoms with Crippen LogP contribution in [0, 0.1) is 11.8 Å². The molecule has 8 heteroatoms. The van der Waals surface area contributed by atoms with Crippen molar-refractivity contribution in [1.29, 1.82) is 0 Å². The van der Waals surface area contributed by atoms with Crippen molar-refractivity contribution in [2.24, 2.45) is 5.73 Å². The Morgan fingerprint density at radius 1 is 1.03 bits per heavy atom. The van der Waals surface area contributed by atoms with Gasteiger partial charge in [-0.15, -0.1) is 0 Å². The second-order valence-corrected chi connectivity index (χ2v) is 7.89. The lowest BCUT2D eigenvalue weighted by Crippen LogP contribution is -2.31. The van der Waals surface area contributed by atoms with Gasteiger partial charge < -0.3 is 16.8 Å². The van der Waals surface area contributed by atoms with Crippen LogP contribution in [0.3, 0.4) is 0 Å². The molecule has 0 unspecified atom stereocenters. The van der Waals surface area contributed by atoms with Gasteiger partial charge in [0, 0.05) is 34.3 Å². The number of hydrogen-bond donors (Lipinski definition) is 3. The number of rotatable bonds is 3. The number of hydrogen-bond acceptors (Lipinski definition) is 5. The summed E-state index contributed by atoms with van der Waals surface area (Å²) < 4.78 is 28.9. The number of fused-ring (bicyclic) bond motifs is 1. The second kappa shape index (κ2) is 7.14. The fourth-order valence-corrected chi connectivity index (χ4v) is 3.56. The van der Waals surface area contributed by atoms with Gasteiger partial charge in [0.15, 0.2) is 5.82 Å². The number of halogens is 2. The highest BCUT2D eigenvalue weighted by molar-refractivity contribution is 5.97. The topological polar surface area (TPSA) is 107 Å². The largest absolute Gasteiger partial charge is 0.382 e. The Hall–Kier alpha value is -3.39. The van der Waals surface area contributed by atoms with Gasteiger partial charge in [0.05, 0.1) is 0 Å². The molecule has 1 aromatic heterocycles. The van der Waals surface area contributed by atoms with Crippen LogP contribution in [0.25, 0.3) is 22.5 Å². The summed E-state index contributed by atoms with van der Waals surface area (Å²) in [6.07, 6.45) is 0.670. The van der Waals surface area contributed by atoms with Gasteiger partial charge in [0.2, 0.25) is 5.95 Å². The minimum absolute atomic E-state index is 0.0554. The molecule has 154 valence electrons. The fourth-order valence-electron chi connectivity index (χ4n) is 3.56. The van der Waals surface area contributed by atoms with E-state index in [9.17, 15) is 13.6 Å². The molecule has 6 nitrogen and oxygen atoms in total. The minimum atomic E-state index is -0.959. The molecule has 2 aromatic carbocycles. The molecule has 5 N–H and O–H groups in total. The second-order valence-electron chi connectivity index (χ2n) is 7.89. The molecule has 0 radical (unpaired) electrons. The van der Waals surface area contributed by atoms with Crippen molar-refractivity contribution in [1.82, 2.24) is 15.3 Å². The van der Waals surface area contributed by atoms with E-state index in [1.807, 2.05) is 6.07 Å². The van der Waals surface area contributed by atoms with Crippen molar-refractivity contribution in [3.63, 3.8) is 0 Å². The number of nitrogens with one attached hydrogen (secondary N) is 1. The molecule has 4 rings (SSSR count). The summed E-state index contributed by atoms with van der Waals surface area (Å²) in [5.41, 5.74) is 13.9. The zero-order valence-corrected chi connectivity index (χ0v) is 16.6. The van der Waals surface area contributed by atoms with Gasteiger partial charge in [-0.1, -0.05) is 6.07 Å². The molecule has 0 saturated carbocycles. The number of amides is 1. The standard InChI is InChI=1S/C22H21F2N5O/c1-22(2,26)15-10-13(4-6-16(15)23)17-19(24)29-20(25)18(28-17)12-3-5-14-11(9-12)7-8-27-21(14)30/h3-6,9-10H,7-8,26H2,1-2H3,(H2,25,29)(H,27,30). The van der Waals surface area contributed by atoms with Gasteiger partial charge in [-0.2, -0.15) is 9.37 Å². The van der Waals surface area contributed by atoms with Gasteiger partial charge in [-0.05, 0) is 56.2 Å². The Bertz CT molecular complexity index is 1170. The van der Waals surface area contributed by atoms with Crippen molar-refractivity contribution < 1.29 is 13.6 Å². The summed E-state index contributed by atoms with van der Waals surface area (Å²) in [5.74, 6) is -1.55. The van der Waals surface area contributed by atoms with Crippen LogP contribution in [0.1, 0.15) is 35.3 Å². The highest BCUT2D eigenvalue weighted by Crippen LogP contribution is 2.32. The predicted molar refractivity (Wildman–Crippen MR) is 110 cm³/mol. The van der Waals surface area contributed by atoms with Crippen LogP contribution in [0.4, 0.5) is 14.6 Å². The molecule has 0 aliphatic carbocycles. The first kappa shape index (κ1) is 19.9. The van der Waals surface area contributed by atoms with Crippen LogP contribution in [0.2, 0.25) is 0 Å². The van der Waals surface area contributed by atoms with Crippen LogP contribution >= 0.6 is 0 Å². The maximum absolute atomic E-state index is 14.7. The summed E-state index contributed by atoms with van der Waals surface area (Å²) in [6, 6.07) is 9.33. The van der Waals surface area contributed by atoms with Crippen LogP contribution in [-0.2, 0) is 12.0 Å². The predicted octanol–water partition coefficient (Wildman–Crippen LogP) is 3.15. The molecular formula is C22H21F2N5O. The lowest BCUT2D eigenvalue weighted by atomic mass is 9.92. The molecule has 0 atom stereocenters. The number of benzene rings is 2. The number of anilines is 1. The molecule has 30 heavy (non-hydrogen) atoms. The first-order valence-electron chi connectivity index (χ1n) is 9.49. The first-order chi connectivity index (χ1) is 14.1. The lowest BCUT2D eigenvalue weighted by Gasteiger charge is -2.21. The average Bonchev–Trinajstić information content (AvgIpc) is 2.68. The van der Waals surface area contributed by atoms with E-state index in [1.54, 1.807) is 26.0 Å². The quantitative estimate of drug-likeness (QED) is 0.616. The van der Waals surface area contributed by atoms with Crippen molar-refractivity contribution in [3.05, 3.63) is 64.9 Å². The van der Waals surface area contributed by atoms with E-state index >= 15 is 0 Å². The van der Waals surface area contributed by atoms with Crippen molar-refractivity contribution in [2.75, 3.05) is 12.3 Å². The molecular weight excluding hydrogens is 388 g/mol. The van der Waals surface area contributed by atoms with E-state index in [0.717, 1.165) is 5.56 Å². The third kappa shape index (κ3) is 3.50. The summed E-state index contributed by atoms with van der Waals surface area (Å²) in [5, 5.41) is 2.79. The molecule has 0 spiro atoms. The Balaban J connectivity index is 1.84. The maximum Gasteiger partial charge on any atom is 0.251 e. The molecule has 0 fully saturated rings. The van der Waals surface area contributed by atoms with Gasteiger partial charge in [0.1, 0.15) is 17.2 Å². The van der Waals surface area contributed by atoms with Crippen LogP contribution in [-0.4, -0.2) is 22.4 Å². The van der Waals surface area contributed by atoms with Gasteiger partial charge in [-0.3, -0.25) is 4.79 Å². The van der Waals surface area contributed by atoms with Crippen LogP contribution in [0.15, 0.2) is 36.4 Å². The lowest BCUT2D eigenvalue weighted by molar-refractivity contribution is 0.0946. The Labute approximate surface area is 172 Å². The van der Waals surface area contributed by atoms with Gasteiger partial charge >= 0.3 is 0 Å². The van der Waals surface area contributed by atoms with Gasteiger partial charge in [-0.25, -0.2) is 9.37 Å². The normalized spacial score (nSPS) is 13.7. The Morgan fingerprint density at radius 3 is 2.47 bits per heavy atom. The van der Waals surface area contributed by atoms with Crippen molar-refractivity contribution >= 4 is 11.7 Å². The molecule has 0 bridgehead atoms. The fraction of sp³-hybridized carbons (Fsp3) is 0.227. The number of carbonyl (C=O) groups excluding carboxylic acids is 1. The Morgan fingerprint density at radius 2 is 1.73 bits per heavy atom. The minimum Gasteiger partial charge on any atom is -0.382 e. The third-order valence-corrected chi connectivity index (χ3v) is 5.12. The zero-order valence-electron chi connectivity index (χ0n) is 16.6. The van der Waals surface area contributed by atoms with Crippen molar-refractivity contribution in [2.45, 2.75) is 25.8 Å².